The molecule has 0 aromatic carbocycles. The van der Waals surface area contributed by atoms with Crippen molar-refractivity contribution in [3.8, 4) is 0 Å². The second-order valence-corrected chi connectivity index (χ2v) is 5.23. The summed E-state index contributed by atoms with van der Waals surface area (Å²) < 4.78 is 0. The van der Waals surface area contributed by atoms with E-state index in [9.17, 15) is 4.79 Å². The van der Waals surface area contributed by atoms with Crippen LogP contribution in [0.4, 0.5) is 5.95 Å². The number of hydrogen-bond donors (Lipinski definition) is 1. The molecular weight excluding hydrogens is 218 g/mol. The van der Waals surface area contributed by atoms with Crippen molar-refractivity contribution in [2.75, 3.05) is 11.9 Å². The van der Waals surface area contributed by atoms with Gasteiger partial charge in [0.1, 0.15) is 0 Å². The van der Waals surface area contributed by atoms with Gasteiger partial charge in [-0.15, -0.1) is 0 Å². The van der Waals surface area contributed by atoms with Gasteiger partial charge in [0, 0.05) is 25.5 Å². The second-order valence-electron chi connectivity index (χ2n) is 5.23. The Morgan fingerprint density at radius 1 is 1.35 bits per heavy atom. The molecule has 0 aliphatic carbocycles. The minimum absolute atomic E-state index is 0.101. The lowest BCUT2D eigenvalue weighted by Gasteiger charge is -2.35. The van der Waals surface area contributed by atoms with E-state index in [2.05, 4.69) is 37.7 Å². The van der Waals surface area contributed by atoms with Gasteiger partial charge in [0.15, 0.2) is 0 Å². The molecular formula is C12H19N3O2. The van der Waals surface area contributed by atoms with Crippen molar-refractivity contribution in [1.82, 2.24) is 9.97 Å². The molecule has 0 saturated heterocycles. The molecule has 5 nitrogen and oxygen atoms in total. The average molecular weight is 237 g/mol. The smallest absolute Gasteiger partial charge is 0.338 e. The van der Waals surface area contributed by atoms with Crippen LogP contribution in [0.5, 0.6) is 0 Å². The maximum Gasteiger partial charge on any atom is 0.338 e. The molecule has 1 atom stereocenters. The van der Waals surface area contributed by atoms with Crippen LogP contribution < -0.4 is 4.90 Å². The van der Waals surface area contributed by atoms with Crippen LogP contribution in [0, 0.1) is 5.41 Å². The molecule has 1 N–H and O–H groups in total. The van der Waals surface area contributed by atoms with Crippen LogP contribution in [-0.2, 0) is 0 Å². The molecule has 0 saturated carbocycles. The Hall–Kier alpha value is -1.65. The molecule has 1 aromatic heterocycles. The minimum Gasteiger partial charge on any atom is -0.478 e. The van der Waals surface area contributed by atoms with Gasteiger partial charge in [-0.1, -0.05) is 20.8 Å². The molecule has 17 heavy (non-hydrogen) atoms. The highest BCUT2D eigenvalue weighted by Crippen LogP contribution is 2.25. The Morgan fingerprint density at radius 2 is 1.82 bits per heavy atom. The number of hydrogen-bond acceptors (Lipinski definition) is 4. The third-order valence-electron chi connectivity index (χ3n) is 3.03. The van der Waals surface area contributed by atoms with E-state index in [1.807, 2.05) is 11.9 Å². The van der Waals surface area contributed by atoms with Crippen LogP contribution in [0.2, 0.25) is 0 Å². The van der Waals surface area contributed by atoms with Crippen LogP contribution in [-0.4, -0.2) is 34.1 Å². The summed E-state index contributed by atoms with van der Waals surface area (Å²) in [5, 5.41) is 8.76. The van der Waals surface area contributed by atoms with E-state index in [0.29, 0.717) is 5.95 Å². The van der Waals surface area contributed by atoms with Gasteiger partial charge in [0.05, 0.1) is 5.56 Å². The first kappa shape index (κ1) is 13.4. The fourth-order valence-corrected chi connectivity index (χ4v) is 1.37. The SMILES string of the molecule is CC(N(C)c1ncc(C(=O)O)cn1)C(C)(C)C. The summed E-state index contributed by atoms with van der Waals surface area (Å²) in [6.45, 7) is 8.51. The monoisotopic (exact) mass is 237 g/mol. The number of carboxylic acid groups (broad SMARTS) is 1. The molecule has 1 heterocycles. The van der Waals surface area contributed by atoms with Crippen molar-refractivity contribution in [1.29, 1.82) is 0 Å². The van der Waals surface area contributed by atoms with Crippen molar-refractivity contribution in [2.45, 2.75) is 33.7 Å². The highest BCUT2D eigenvalue weighted by Gasteiger charge is 2.25. The van der Waals surface area contributed by atoms with Gasteiger partial charge < -0.3 is 10.0 Å². The Morgan fingerprint density at radius 3 is 2.18 bits per heavy atom. The Balaban J connectivity index is 2.90. The van der Waals surface area contributed by atoms with E-state index in [0.717, 1.165) is 0 Å². The first-order valence-electron chi connectivity index (χ1n) is 5.51. The maximum absolute atomic E-state index is 10.7. The van der Waals surface area contributed by atoms with Crippen molar-refractivity contribution in [3.63, 3.8) is 0 Å². The van der Waals surface area contributed by atoms with Gasteiger partial charge in [0.25, 0.3) is 0 Å². The van der Waals surface area contributed by atoms with Crippen LogP contribution in [0.15, 0.2) is 12.4 Å². The lowest BCUT2D eigenvalue weighted by molar-refractivity contribution is 0.0696. The summed E-state index contributed by atoms with van der Waals surface area (Å²) >= 11 is 0. The lowest BCUT2D eigenvalue weighted by atomic mass is 9.87. The summed E-state index contributed by atoms with van der Waals surface area (Å²) in [7, 11) is 1.91. The topological polar surface area (TPSA) is 66.3 Å². The van der Waals surface area contributed by atoms with Crippen LogP contribution in [0.25, 0.3) is 0 Å². The fraction of sp³-hybridized carbons (Fsp3) is 0.583. The molecule has 1 aromatic rings. The summed E-state index contributed by atoms with van der Waals surface area (Å²) in [6, 6.07) is 0.248. The van der Waals surface area contributed by atoms with Gasteiger partial charge in [-0.25, -0.2) is 14.8 Å². The number of aromatic carboxylic acids is 1. The van der Waals surface area contributed by atoms with Crippen molar-refractivity contribution >= 4 is 11.9 Å². The van der Waals surface area contributed by atoms with E-state index in [1.54, 1.807) is 0 Å². The Labute approximate surface area is 102 Å². The molecule has 1 rings (SSSR count). The molecule has 0 bridgehead atoms. The third kappa shape index (κ3) is 3.15. The quantitative estimate of drug-likeness (QED) is 0.871. The number of rotatable bonds is 3. The number of carbonyl (C=O) groups is 1. The normalized spacial score (nSPS) is 13.2. The van der Waals surface area contributed by atoms with Crippen LogP contribution in [0.1, 0.15) is 38.1 Å². The van der Waals surface area contributed by atoms with Gasteiger partial charge in [-0.05, 0) is 12.3 Å². The predicted octanol–water partition coefficient (Wildman–Crippen LogP) is 2.05. The second kappa shape index (κ2) is 4.69. The van der Waals surface area contributed by atoms with E-state index in [1.165, 1.54) is 12.4 Å². The third-order valence-corrected chi connectivity index (χ3v) is 3.03. The first-order chi connectivity index (χ1) is 7.73. The molecule has 94 valence electrons. The Bertz CT molecular complexity index is 395. The highest BCUT2D eigenvalue weighted by molar-refractivity contribution is 5.86. The standard InChI is InChI=1S/C12H19N3O2/c1-8(12(2,3)4)15(5)11-13-6-9(7-14-11)10(16)17/h6-8H,1-5H3,(H,16,17). The molecule has 0 spiro atoms. The average Bonchev–Trinajstić information content (AvgIpc) is 2.26. The van der Waals surface area contributed by atoms with Gasteiger partial charge in [0.2, 0.25) is 5.95 Å². The number of aromatic nitrogens is 2. The zero-order chi connectivity index (χ0) is 13.2. The number of carboxylic acids is 1. The fourth-order valence-electron chi connectivity index (χ4n) is 1.37. The minimum atomic E-state index is -1.01. The summed E-state index contributed by atoms with van der Waals surface area (Å²) in [5.74, 6) is -0.472. The summed E-state index contributed by atoms with van der Waals surface area (Å²) in [6.07, 6.45) is 2.66. The lowest BCUT2D eigenvalue weighted by Crippen LogP contribution is -2.40. The molecule has 0 fully saturated rings. The van der Waals surface area contributed by atoms with Gasteiger partial charge in [-0.3, -0.25) is 0 Å². The summed E-state index contributed by atoms with van der Waals surface area (Å²) in [5.41, 5.74) is 0.203. The van der Waals surface area contributed by atoms with Crippen molar-refractivity contribution < 1.29 is 9.90 Å². The first-order valence-corrected chi connectivity index (χ1v) is 5.51. The molecule has 0 aliphatic heterocycles. The molecule has 0 aliphatic rings. The zero-order valence-electron chi connectivity index (χ0n) is 10.9. The highest BCUT2D eigenvalue weighted by atomic mass is 16.4. The van der Waals surface area contributed by atoms with Gasteiger partial charge in [-0.2, -0.15) is 0 Å². The van der Waals surface area contributed by atoms with Crippen LogP contribution in [0.3, 0.4) is 0 Å². The van der Waals surface area contributed by atoms with Crippen molar-refractivity contribution in [3.05, 3.63) is 18.0 Å². The molecule has 1 unspecified atom stereocenters. The molecule has 0 radical (unpaired) electrons. The van der Waals surface area contributed by atoms with Gasteiger partial charge >= 0.3 is 5.97 Å². The van der Waals surface area contributed by atoms with E-state index in [4.69, 9.17) is 5.11 Å². The predicted molar refractivity (Wildman–Crippen MR) is 66.3 cm³/mol. The maximum atomic E-state index is 10.7. The van der Waals surface area contributed by atoms with E-state index >= 15 is 0 Å². The number of nitrogens with zero attached hydrogens (tertiary/aromatic N) is 3. The van der Waals surface area contributed by atoms with Crippen molar-refractivity contribution in [2.24, 2.45) is 5.41 Å². The van der Waals surface area contributed by atoms with E-state index < -0.39 is 5.97 Å². The zero-order valence-corrected chi connectivity index (χ0v) is 10.9. The van der Waals surface area contributed by atoms with E-state index in [-0.39, 0.29) is 17.0 Å². The molecule has 0 amide bonds. The molecule has 5 heteroatoms. The largest absolute Gasteiger partial charge is 0.478 e. The van der Waals surface area contributed by atoms with Crippen LogP contribution >= 0.6 is 0 Å². The number of anilines is 1. The summed E-state index contributed by atoms with van der Waals surface area (Å²) in [4.78, 5) is 20.8. The Kier molecular flexibility index (Phi) is 3.70.